The molecule has 0 aromatic heterocycles. The molecule has 1 fully saturated rings. The molecule has 1 aliphatic rings. The lowest BCUT2D eigenvalue weighted by Crippen LogP contribution is -2.33. The highest BCUT2D eigenvalue weighted by atomic mass is 32.2. The minimum atomic E-state index is -2.80. The van der Waals surface area contributed by atoms with Gasteiger partial charge in [-0.2, -0.15) is 5.26 Å². The van der Waals surface area contributed by atoms with Crippen LogP contribution >= 0.6 is 0 Å². The van der Waals surface area contributed by atoms with Crippen LogP contribution in [-0.2, 0) is 9.84 Å². The molecule has 80 valence electrons. The highest BCUT2D eigenvalue weighted by Gasteiger charge is 2.27. The summed E-state index contributed by atoms with van der Waals surface area (Å²) in [6.07, 6.45) is 1.49. The average Bonchev–Trinajstić information content (AvgIpc) is 2.47. The molecule has 0 aromatic carbocycles. The van der Waals surface area contributed by atoms with E-state index in [-0.39, 0.29) is 23.5 Å². The molecule has 0 amide bonds. The molecule has 0 aromatic rings. The SMILES string of the molecule is CCC(C#N)CNC1CCS(=O)(=O)C1. The van der Waals surface area contributed by atoms with Gasteiger partial charge in [0, 0.05) is 12.6 Å². The lowest BCUT2D eigenvalue weighted by molar-refractivity contribution is 0.491. The summed E-state index contributed by atoms with van der Waals surface area (Å²) >= 11 is 0. The molecule has 14 heavy (non-hydrogen) atoms. The Morgan fingerprint density at radius 3 is 2.79 bits per heavy atom. The predicted octanol–water partition coefficient (Wildman–Crippen LogP) is 0.313. The first-order valence-corrected chi connectivity index (χ1v) is 6.73. The Bertz CT molecular complexity index is 318. The normalized spacial score (nSPS) is 27.0. The maximum absolute atomic E-state index is 11.1. The van der Waals surface area contributed by atoms with Gasteiger partial charge in [0.15, 0.2) is 9.84 Å². The van der Waals surface area contributed by atoms with Crippen molar-refractivity contribution in [2.45, 2.75) is 25.8 Å². The lowest BCUT2D eigenvalue weighted by Gasteiger charge is -2.12. The molecule has 1 rings (SSSR count). The molecular formula is C9H16N2O2S. The number of nitrogens with zero attached hydrogens (tertiary/aromatic N) is 1. The van der Waals surface area contributed by atoms with Crippen LogP contribution in [0.5, 0.6) is 0 Å². The third kappa shape index (κ3) is 3.28. The number of hydrogen-bond acceptors (Lipinski definition) is 4. The first-order valence-electron chi connectivity index (χ1n) is 4.91. The van der Waals surface area contributed by atoms with E-state index in [9.17, 15) is 8.42 Å². The molecule has 0 aliphatic carbocycles. The summed E-state index contributed by atoms with van der Waals surface area (Å²) in [5.41, 5.74) is 0. The van der Waals surface area contributed by atoms with E-state index in [1.165, 1.54) is 0 Å². The molecule has 1 N–H and O–H groups in total. The molecule has 0 bridgehead atoms. The second-order valence-electron chi connectivity index (χ2n) is 3.74. The Morgan fingerprint density at radius 2 is 2.36 bits per heavy atom. The fraction of sp³-hybridized carbons (Fsp3) is 0.889. The molecular weight excluding hydrogens is 200 g/mol. The number of nitrogens with one attached hydrogen (secondary N) is 1. The van der Waals surface area contributed by atoms with Gasteiger partial charge in [0.25, 0.3) is 0 Å². The summed E-state index contributed by atoms with van der Waals surface area (Å²) in [4.78, 5) is 0. The Labute approximate surface area is 85.2 Å². The molecule has 0 saturated carbocycles. The van der Waals surface area contributed by atoms with Crippen molar-refractivity contribution in [1.29, 1.82) is 5.26 Å². The Balaban J connectivity index is 2.31. The Kier molecular flexibility index (Phi) is 3.90. The first kappa shape index (κ1) is 11.5. The van der Waals surface area contributed by atoms with Crippen LogP contribution in [0.15, 0.2) is 0 Å². The summed E-state index contributed by atoms with van der Waals surface area (Å²) in [6.45, 7) is 2.56. The van der Waals surface area contributed by atoms with Gasteiger partial charge in [0.2, 0.25) is 0 Å². The molecule has 1 aliphatic heterocycles. The van der Waals surface area contributed by atoms with E-state index in [2.05, 4.69) is 11.4 Å². The molecule has 1 heterocycles. The second kappa shape index (κ2) is 4.76. The van der Waals surface area contributed by atoms with Crippen LogP contribution in [0.2, 0.25) is 0 Å². The van der Waals surface area contributed by atoms with Gasteiger partial charge in [0.05, 0.1) is 23.5 Å². The summed E-state index contributed by atoms with van der Waals surface area (Å²) < 4.78 is 22.2. The second-order valence-corrected chi connectivity index (χ2v) is 5.97. The minimum absolute atomic E-state index is 0.00157. The van der Waals surface area contributed by atoms with Gasteiger partial charge in [0.1, 0.15) is 0 Å². The van der Waals surface area contributed by atoms with E-state index in [0.717, 1.165) is 6.42 Å². The van der Waals surface area contributed by atoms with Crippen molar-refractivity contribution >= 4 is 9.84 Å². The van der Waals surface area contributed by atoms with Crippen LogP contribution in [0.25, 0.3) is 0 Å². The molecule has 2 unspecified atom stereocenters. The van der Waals surface area contributed by atoms with Gasteiger partial charge in [-0.25, -0.2) is 8.42 Å². The van der Waals surface area contributed by atoms with Crippen LogP contribution in [0.1, 0.15) is 19.8 Å². The van der Waals surface area contributed by atoms with E-state index in [0.29, 0.717) is 13.0 Å². The average molecular weight is 216 g/mol. The van der Waals surface area contributed by atoms with Crippen LogP contribution in [0, 0.1) is 17.2 Å². The van der Waals surface area contributed by atoms with Crippen molar-refractivity contribution in [2.24, 2.45) is 5.92 Å². The van der Waals surface area contributed by atoms with Crippen LogP contribution < -0.4 is 5.32 Å². The third-order valence-corrected chi connectivity index (χ3v) is 4.33. The fourth-order valence-corrected chi connectivity index (χ4v) is 3.25. The quantitative estimate of drug-likeness (QED) is 0.734. The zero-order chi connectivity index (χ0) is 10.6. The van der Waals surface area contributed by atoms with Gasteiger partial charge >= 0.3 is 0 Å². The van der Waals surface area contributed by atoms with Gasteiger partial charge < -0.3 is 5.32 Å². The van der Waals surface area contributed by atoms with Crippen LogP contribution in [0.3, 0.4) is 0 Å². The predicted molar refractivity (Wildman–Crippen MR) is 54.5 cm³/mol. The van der Waals surface area contributed by atoms with Crippen molar-refractivity contribution in [3.05, 3.63) is 0 Å². The van der Waals surface area contributed by atoms with Crippen LogP contribution in [-0.4, -0.2) is 32.5 Å². The van der Waals surface area contributed by atoms with Crippen molar-refractivity contribution in [3.63, 3.8) is 0 Å². The molecule has 1 saturated heterocycles. The molecule has 4 nitrogen and oxygen atoms in total. The first-order chi connectivity index (χ1) is 6.57. The van der Waals surface area contributed by atoms with Crippen molar-refractivity contribution < 1.29 is 8.42 Å². The van der Waals surface area contributed by atoms with Gasteiger partial charge in [-0.3, -0.25) is 0 Å². The Hall–Kier alpha value is -0.600. The van der Waals surface area contributed by atoms with Crippen molar-refractivity contribution in [2.75, 3.05) is 18.1 Å². The maximum atomic E-state index is 11.1. The highest BCUT2D eigenvalue weighted by molar-refractivity contribution is 7.91. The minimum Gasteiger partial charge on any atom is -0.312 e. The van der Waals surface area contributed by atoms with Gasteiger partial charge in [-0.15, -0.1) is 0 Å². The van der Waals surface area contributed by atoms with Gasteiger partial charge in [-0.1, -0.05) is 6.92 Å². The fourth-order valence-electron chi connectivity index (χ4n) is 1.55. The Morgan fingerprint density at radius 1 is 1.64 bits per heavy atom. The topological polar surface area (TPSA) is 70.0 Å². The van der Waals surface area contributed by atoms with Gasteiger partial charge in [-0.05, 0) is 12.8 Å². The number of sulfone groups is 1. The van der Waals surface area contributed by atoms with E-state index in [1.807, 2.05) is 6.92 Å². The summed E-state index contributed by atoms with van der Waals surface area (Å²) in [6, 6.07) is 2.24. The summed E-state index contributed by atoms with van der Waals surface area (Å²) in [5, 5.41) is 11.8. The van der Waals surface area contributed by atoms with E-state index < -0.39 is 9.84 Å². The van der Waals surface area contributed by atoms with E-state index in [4.69, 9.17) is 5.26 Å². The molecule has 0 spiro atoms. The lowest BCUT2D eigenvalue weighted by atomic mass is 10.1. The number of rotatable bonds is 4. The molecule has 0 radical (unpaired) electrons. The van der Waals surface area contributed by atoms with Crippen molar-refractivity contribution in [1.82, 2.24) is 5.32 Å². The number of nitriles is 1. The highest BCUT2D eigenvalue weighted by Crippen LogP contribution is 2.11. The maximum Gasteiger partial charge on any atom is 0.151 e. The number of hydrogen-bond donors (Lipinski definition) is 1. The van der Waals surface area contributed by atoms with E-state index in [1.54, 1.807) is 0 Å². The summed E-state index contributed by atoms with van der Waals surface area (Å²) in [7, 11) is -2.80. The smallest absolute Gasteiger partial charge is 0.151 e. The third-order valence-electron chi connectivity index (χ3n) is 2.56. The summed E-state index contributed by atoms with van der Waals surface area (Å²) in [5.74, 6) is 0.515. The molecule has 5 heteroatoms. The standard InChI is InChI=1S/C9H16N2O2S/c1-2-8(5-10)6-11-9-3-4-14(12,13)7-9/h8-9,11H,2-4,6-7H2,1H3. The van der Waals surface area contributed by atoms with Crippen molar-refractivity contribution in [3.8, 4) is 6.07 Å². The van der Waals surface area contributed by atoms with Crippen LogP contribution in [0.4, 0.5) is 0 Å². The largest absolute Gasteiger partial charge is 0.312 e. The monoisotopic (exact) mass is 216 g/mol. The molecule has 2 atom stereocenters. The zero-order valence-corrected chi connectivity index (χ0v) is 9.18. The van der Waals surface area contributed by atoms with E-state index >= 15 is 0 Å². The zero-order valence-electron chi connectivity index (χ0n) is 8.36.